The molecule has 3 aromatic heterocycles. The molecule has 0 radical (unpaired) electrons. The molecule has 1 aromatic carbocycles. The van der Waals surface area contributed by atoms with Crippen molar-refractivity contribution >= 4 is 5.52 Å². The predicted molar refractivity (Wildman–Crippen MR) is 113 cm³/mol. The van der Waals surface area contributed by atoms with Crippen molar-refractivity contribution in [1.82, 2.24) is 24.7 Å². The molecule has 0 spiro atoms. The van der Waals surface area contributed by atoms with Crippen LogP contribution in [0.3, 0.4) is 0 Å². The number of nitrogens with zero attached hydrogens (tertiary/aromatic N) is 5. The molecule has 1 aliphatic heterocycles. The Morgan fingerprint density at radius 1 is 1.03 bits per heavy atom. The van der Waals surface area contributed by atoms with Crippen molar-refractivity contribution in [2.45, 2.75) is 12.6 Å². The van der Waals surface area contributed by atoms with Gasteiger partial charge in [-0.15, -0.1) is 5.10 Å². The van der Waals surface area contributed by atoms with Crippen molar-refractivity contribution in [3.63, 3.8) is 0 Å². The molecule has 1 unspecified atom stereocenters. The number of methoxy groups -OCH3 is 1. The van der Waals surface area contributed by atoms with Gasteiger partial charge in [-0.25, -0.2) is 4.52 Å². The first kappa shape index (κ1) is 18.7. The van der Waals surface area contributed by atoms with Gasteiger partial charge in [0.05, 0.1) is 19.2 Å². The summed E-state index contributed by atoms with van der Waals surface area (Å²) in [6.45, 7) is 3.25. The molecule has 0 aliphatic carbocycles. The lowest BCUT2D eigenvalue weighted by atomic mass is 10.1. The summed E-state index contributed by atoms with van der Waals surface area (Å²) < 4.78 is 13.1. The maximum Gasteiger partial charge on any atom is 0.121 e. The second-order valence-electron chi connectivity index (χ2n) is 7.40. The van der Waals surface area contributed by atoms with Gasteiger partial charge < -0.3 is 9.47 Å². The summed E-state index contributed by atoms with van der Waals surface area (Å²) in [6.07, 6.45) is 5.58. The zero-order chi connectivity index (χ0) is 20.3. The highest BCUT2D eigenvalue weighted by Gasteiger charge is 2.26. The Bertz CT molecular complexity index is 1130. The first-order chi connectivity index (χ1) is 14.8. The normalized spacial score (nSPS) is 17.3. The molecule has 7 nitrogen and oxygen atoms in total. The minimum atomic E-state index is -0.0927. The summed E-state index contributed by atoms with van der Waals surface area (Å²) in [7, 11) is 1.67. The summed E-state index contributed by atoms with van der Waals surface area (Å²) in [6, 6.07) is 16.3. The summed E-state index contributed by atoms with van der Waals surface area (Å²) in [5.74, 6) is 0.841. The fraction of sp³-hybridized carbons (Fsp3) is 0.261. The first-order valence-electron chi connectivity index (χ1n) is 10.0. The number of benzene rings is 1. The average molecular weight is 401 g/mol. The smallest absolute Gasteiger partial charge is 0.121 e. The molecule has 5 rings (SSSR count). The van der Waals surface area contributed by atoms with E-state index < -0.39 is 0 Å². The van der Waals surface area contributed by atoms with Gasteiger partial charge in [-0.05, 0) is 41.5 Å². The van der Waals surface area contributed by atoms with E-state index in [1.807, 2.05) is 47.4 Å². The number of pyridine rings is 2. The Morgan fingerprint density at radius 2 is 1.83 bits per heavy atom. The molecule has 30 heavy (non-hydrogen) atoms. The number of rotatable bonds is 5. The highest BCUT2D eigenvalue weighted by molar-refractivity contribution is 5.66. The van der Waals surface area contributed by atoms with Crippen LogP contribution in [0.4, 0.5) is 0 Å². The Hall–Kier alpha value is -3.29. The number of hydrogen-bond donors (Lipinski definition) is 0. The zero-order valence-electron chi connectivity index (χ0n) is 16.8. The second kappa shape index (κ2) is 8.22. The largest absolute Gasteiger partial charge is 0.497 e. The minimum absolute atomic E-state index is 0.0927. The third-order valence-electron chi connectivity index (χ3n) is 5.47. The fourth-order valence-electron chi connectivity index (χ4n) is 3.86. The van der Waals surface area contributed by atoms with Gasteiger partial charge in [0.1, 0.15) is 17.5 Å². The van der Waals surface area contributed by atoms with Crippen LogP contribution in [0.5, 0.6) is 5.75 Å². The topological polar surface area (TPSA) is 64.8 Å². The highest BCUT2D eigenvalue weighted by atomic mass is 16.5. The summed E-state index contributed by atoms with van der Waals surface area (Å²) in [5.41, 5.74) is 5.29. The monoisotopic (exact) mass is 401 g/mol. The van der Waals surface area contributed by atoms with Crippen LogP contribution < -0.4 is 4.74 Å². The van der Waals surface area contributed by atoms with Gasteiger partial charge in [-0.2, -0.15) is 0 Å². The van der Waals surface area contributed by atoms with Gasteiger partial charge in [0, 0.05) is 43.8 Å². The molecular formula is C23H23N5O2. The zero-order valence-corrected chi connectivity index (χ0v) is 16.8. The quantitative estimate of drug-likeness (QED) is 0.511. The second-order valence-corrected chi connectivity index (χ2v) is 7.40. The van der Waals surface area contributed by atoms with E-state index in [1.54, 1.807) is 7.11 Å². The fourth-order valence-corrected chi connectivity index (χ4v) is 3.86. The Balaban J connectivity index is 1.36. The SMILES string of the molecule is COc1ccc(-c2ccc3c(C4CN(Cc5ccncc5)CCO4)nnn3c2)cc1. The lowest BCUT2D eigenvalue weighted by Crippen LogP contribution is -2.38. The van der Waals surface area contributed by atoms with E-state index in [1.165, 1.54) is 5.56 Å². The van der Waals surface area contributed by atoms with Crippen LogP contribution in [-0.4, -0.2) is 51.5 Å². The molecule has 0 N–H and O–H groups in total. The maximum atomic E-state index is 6.06. The van der Waals surface area contributed by atoms with Crippen molar-refractivity contribution < 1.29 is 9.47 Å². The van der Waals surface area contributed by atoms with Crippen LogP contribution in [0.25, 0.3) is 16.6 Å². The van der Waals surface area contributed by atoms with Gasteiger partial charge in [0.25, 0.3) is 0 Å². The summed E-state index contributed by atoms with van der Waals surface area (Å²) >= 11 is 0. The molecule has 1 aliphatic rings. The number of hydrogen-bond acceptors (Lipinski definition) is 6. The molecule has 0 amide bonds. The van der Waals surface area contributed by atoms with Crippen LogP contribution in [0.15, 0.2) is 67.1 Å². The first-order valence-corrected chi connectivity index (χ1v) is 10.0. The molecular weight excluding hydrogens is 378 g/mol. The van der Waals surface area contributed by atoms with Crippen LogP contribution >= 0.6 is 0 Å². The van der Waals surface area contributed by atoms with E-state index in [9.17, 15) is 0 Å². The lowest BCUT2D eigenvalue weighted by Gasteiger charge is -2.32. The average Bonchev–Trinajstić information content (AvgIpc) is 3.23. The molecule has 1 fully saturated rings. The standard InChI is InChI=1S/C23H23N5O2/c1-29-20-5-2-18(3-6-20)19-4-7-21-23(25-26-28(21)15-19)22-16-27(12-13-30-22)14-17-8-10-24-11-9-17/h2-11,15,22H,12-14,16H2,1H3. The van der Waals surface area contributed by atoms with E-state index in [-0.39, 0.29) is 6.10 Å². The van der Waals surface area contributed by atoms with Crippen molar-refractivity contribution in [1.29, 1.82) is 0 Å². The van der Waals surface area contributed by atoms with Gasteiger partial charge in [0.15, 0.2) is 0 Å². The number of aromatic nitrogens is 4. The summed E-state index contributed by atoms with van der Waals surface area (Å²) in [5, 5.41) is 8.81. The molecule has 1 saturated heterocycles. The van der Waals surface area contributed by atoms with Crippen molar-refractivity contribution in [2.75, 3.05) is 26.8 Å². The Kier molecular flexibility index (Phi) is 5.13. The number of morpholine rings is 1. The molecule has 4 aromatic rings. The van der Waals surface area contributed by atoms with Gasteiger partial charge >= 0.3 is 0 Å². The van der Waals surface area contributed by atoms with Gasteiger partial charge in [0.2, 0.25) is 0 Å². The van der Waals surface area contributed by atoms with Crippen LogP contribution in [-0.2, 0) is 11.3 Å². The highest BCUT2D eigenvalue weighted by Crippen LogP contribution is 2.28. The molecule has 152 valence electrons. The minimum Gasteiger partial charge on any atom is -0.497 e. The van der Waals surface area contributed by atoms with Gasteiger partial charge in [-0.1, -0.05) is 23.4 Å². The van der Waals surface area contributed by atoms with Crippen molar-refractivity contribution in [3.8, 4) is 16.9 Å². The third kappa shape index (κ3) is 3.77. The van der Waals surface area contributed by atoms with Crippen LogP contribution in [0, 0.1) is 0 Å². The van der Waals surface area contributed by atoms with Crippen LogP contribution in [0.2, 0.25) is 0 Å². The van der Waals surface area contributed by atoms with E-state index in [4.69, 9.17) is 9.47 Å². The number of fused-ring (bicyclic) bond motifs is 1. The van der Waals surface area contributed by atoms with Gasteiger partial charge in [-0.3, -0.25) is 9.88 Å². The molecule has 0 bridgehead atoms. The van der Waals surface area contributed by atoms with E-state index in [2.05, 4.69) is 44.5 Å². The Labute approximate surface area is 174 Å². The van der Waals surface area contributed by atoms with E-state index in [0.717, 1.165) is 47.7 Å². The molecule has 4 heterocycles. The lowest BCUT2D eigenvalue weighted by molar-refractivity contribution is -0.0343. The number of ether oxygens (including phenoxy) is 2. The third-order valence-corrected chi connectivity index (χ3v) is 5.47. The van der Waals surface area contributed by atoms with E-state index in [0.29, 0.717) is 6.61 Å². The van der Waals surface area contributed by atoms with E-state index >= 15 is 0 Å². The summed E-state index contributed by atoms with van der Waals surface area (Å²) in [4.78, 5) is 6.48. The molecule has 7 heteroatoms. The molecule has 1 atom stereocenters. The molecule has 0 saturated carbocycles. The van der Waals surface area contributed by atoms with Crippen molar-refractivity contribution in [2.24, 2.45) is 0 Å². The predicted octanol–water partition coefficient (Wildman–Crippen LogP) is 3.37. The van der Waals surface area contributed by atoms with Crippen molar-refractivity contribution in [3.05, 3.63) is 78.4 Å². The van der Waals surface area contributed by atoms with Crippen LogP contribution in [0.1, 0.15) is 17.4 Å². The Morgan fingerprint density at radius 3 is 2.63 bits per heavy atom. The maximum absolute atomic E-state index is 6.06.